The molecule has 3 fully saturated rings. The number of rotatable bonds is 13. The summed E-state index contributed by atoms with van der Waals surface area (Å²) in [7, 11) is 0. The van der Waals surface area contributed by atoms with Crippen molar-refractivity contribution in [2.45, 2.75) is 155 Å². The number of nitriles is 1. The van der Waals surface area contributed by atoms with Crippen LogP contribution in [-0.4, -0.2) is 0 Å². The molecule has 4 unspecified atom stereocenters. The molecule has 0 bridgehead atoms. The van der Waals surface area contributed by atoms with Gasteiger partial charge in [0.25, 0.3) is 0 Å². The highest BCUT2D eigenvalue weighted by Crippen LogP contribution is 2.56. The average molecular weight is 442 g/mol. The first-order valence-corrected chi connectivity index (χ1v) is 15.1. The largest absolute Gasteiger partial charge is 0.198 e. The number of hydrogen-bond donors (Lipinski definition) is 0. The fraction of sp³-hybridized carbons (Fsp3) is 0.968. The van der Waals surface area contributed by atoms with Crippen molar-refractivity contribution in [3.8, 4) is 6.07 Å². The Hall–Kier alpha value is -0.510. The van der Waals surface area contributed by atoms with E-state index in [4.69, 9.17) is 0 Å². The van der Waals surface area contributed by atoms with E-state index in [1.54, 1.807) is 0 Å². The number of fused-ring (bicyclic) bond motifs is 1. The van der Waals surface area contributed by atoms with Crippen molar-refractivity contribution in [3.63, 3.8) is 0 Å². The van der Waals surface area contributed by atoms with Gasteiger partial charge in [0, 0.05) is 0 Å². The maximum absolute atomic E-state index is 10.3. The molecule has 0 N–H and O–H groups in total. The van der Waals surface area contributed by atoms with Crippen LogP contribution in [0.1, 0.15) is 155 Å². The van der Waals surface area contributed by atoms with Gasteiger partial charge < -0.3 is 0 Å². The lowest BCUT2D eigenvalue weighted by molar-refractivity contribution is 0.0146. The van der Waals surface area contributed by atoms with Crippen LogP contribution in [0, 0.1) is 46.3 Å². The topological polar surface area (TPSA) is 23.8 Å². The highest BCUT2D eigenvalue weighted by Gasteiger charge is 2.48. The van der Waals surface area contributed by atoms with E-state index in [0.717, 1.165) is 29.6 Å². The minimum Gasteiger partial charge on any atom is -0.198 e. The second kappa shape index (κ2) is 14.0. The Balaban J connectivity index is 1.38. The van der Waals surface area contributed by atoms with Crippen LogP contribution >= 0.6 is 0 Å². The first kappa shape index (κ1) is 26.1. The van der Waals surface area contributed by atoms with E-state index < -0.39 is 0 Å². The van der Waals surface area contributed by atoms with Crippen LogP contribution in [0.3, 0.4) is 0 Å². The van der Waals surface area contributed by atoms with Crippen molar-refractivity contribution in [1.29, 1.82) is 5.26 Å². The van der Waals surface area contributed by atoms with Gasteiger partial charge in [-0.3, -0.25) is 0 Å². The van der Waals surface area contributed by atoms with Gasteiger partial charge in [-0.25, -0.2) is 0 Å². The van der Waals surface area contributed by atoms with Gasteiger partial charge in [0.1, 0.15) is 0 Å². The smallest absolute Gasteiger partial charge is 0.0692 e. The van der Waals surface area contributed by atoms with Crippen molar-refractivity contribution in [3.05, 3.63) is 0 Å². The Bertz CT molecular complexity index is 539. The number of hydrogen-bond acceptors (Lipinski definition) is 1. The number of nitrogens with zero attached hydrogens (tertiary/aromatic N) is 1. The van der Waals surface area contributed by atoms with Crippen molar-refractivity contribution in [1.82, 2.24) is 0 Å². The molecule has 3 rings (SSSR count). The van der Waals surface area contributed by atoms with Gasteiger partial charge in [0.05, 0.1) is 11.5 Å². The monoisotopic (exact) mass is 441 g/mol. The summed E-state index contributed by atoms with van der Waals surface area (Å²) in [6.45, 7) is 4.62. The minimum absolute atomic E-state index is 0.0541. The van der Waals surface area contributed by atoms with Crippen LogP contribution in [0.25, 0.3) is 0 Å². The molecule has 0 radical (unpaired) electrons. The second-order valence-corrected chi connectivity index (χ2v) is 12.3. The molecule has 4 atom stereocenters. The van der Waals surface area contributed by atoms with Gasteiger partial charge in [0.2, 0.25) is 0 Å². The predicted molar refractivity (Wildman–Crippen MR) is 138 cm³/mol. The summed E-state index contributed by atoms with van der Waals surface area (Å²) in [6, 6.07) is 2.93. The first-order chi connectivity index (χ1) is 15.7. The fourth-order valence-electron chi connectivity index (χ4n) is 7.96. The summed E-state index contributed by atoms with van der Waals surface area (Å²) in [5, 5.41) is 10.3. The Morgan fingerprint density at radius 2 is 1.25 bits per heavy atom. The summed E-state index contributed by atoms with van der Waals surface area (Å²) in [5.41, 5.74) is 0.0541. The molecule has 0 amide bonds. The van der Waals surface area contributed by atoms with E-state index in [2.05, 4.69) is 19.9 Å². The SMILES string of the molecule is CCCCCCCC1CCC(C2CCC3(C#N)CC(CCCCCCC)CCC3C2)CC1. The second-order valence-electron chi connectivity index (χ2n) is 12.3. The van der Waals surface area contributed by atoms with Gasteiger partial charge in [-0.15, -0.1) is 0 Å². The summed E-state index contributed by atoms with van der Waals surface area (Å²) < 4.78 is 0. The van der Waals surface area contributed by atoms with Gasteiger partial charge >= 0.3 is 0 Å². The van der Waals surface area contributed by atoms with Crippen LogP contribution in [0.15, 0.2) is 0 Å². The summed E-state index contributed by atoms with van der Waals surface area (Å²) in [4.78, 5) is 0. The first-order valence-electron chi connectivity index (χ1n) is 15.1. The van der Waals surface area contributed by atoms with Crippen molar-refractivity contribution in [2.75, 3.05) is 0 Å². The van der Waals surface area contributed by atoms with Crippen molar-refractivity contribution >= 4 is 0 Å². The van der Waals surface area contributed by atoms with Crippen LogP contribution < -0.4 is 0 Å². The van der Waals surface area contributed by atoms with Gasteiger partial charge in [-0.2, -0.15) is 5.26 Å². The highest BCUT2D eigenvalue weighted by molar-refractivity contribution is 5.09. The van der Waals surface area contributed by atoms with Crippen molar-refractivity contribution in [2.24, 2.45) is 35.0 Å². The van der Waals surface area contributed by atoms with Crippen molar-refractivity contribution < 1.29 is 0 Å². The molecular weight excluding hydrogens is 386 g/mol. The molecule has 1 heteroatoms. The third-order valence-corrected chi connectivity index (χ3v) is 10.1. The molecular formula is C31H55N. The van der Waals surface area contributed by atoms with Crippen LogP contribution in [0.5, 0.6) is 0 Å². The lowest BCUT2D eigenvalue weighted by Crippen LogP contribution is -2.42. The van der Waals surface area contributed by atoms with E-state index in [0.29, 0.717) is 0 Å². The lowest BCUT2D eigenvalue weighted by atomic mass is 9.53. The molecule has 0 aliphatic heterocycles. The molecule has 1 nitrogen and oxygen atoms in total. The zero-order chi connectivity index (χ0) is 22.7. The summed E-state index contributed by atoms with van der Waals surface area (Å²) in [5.74, 6) is 4.52. The zero-order valence-electron chi connectivity index (χ0n) is 21.9. The molecule has 0 aromatic rings. The Labute approximate surface area is 201 Å². The molecule has 3 aliphatic carbocycles. The fourth-order valence-corrected chi connectivity index (χ4v) is 7.96. The number of unbranched alkanes of at least 4 members (excludes halogenated alkanes) is 8. The van der Waals surface area contributed by atoms with Crippen LogP contribution in [0.2, 0.25) is 0 Å². The summed E-state index contributed by atoms with van der Waals surface area (Å²) in [6.07, 6.45) is 31.0. The maximum Gasteiger partial charge on any atom is 0.0692 e. The van der Waals surface area contributed by atoms with Crippen LogP contribution in [-0.2, 0) is 0 Å². The highest BCUT2D eigenvalue weighted by atomic mass is 14.5. The van der Waals surface area contributed by atoms with Crippen LogP contribution in [0.4, 0.5) is 0 Å². The normalized spacial score (nSPS) is 35.2. The Kier molecular flexibility index (Phi) is 11.4. The van der Waals surface area contributed by atoms with E-state index in [9.17, 15) is 5.26 Å². The third-order valence-electron chi connectivity index (χ3n) is 10.1. The molecule has 32 heavy (non-hydrogen) atoms. The Morgan fingerprint density at radius 3 is 1.88 bits per heavy atom. The maximum atomic E-state index is 10.3. The standard InChI is InChI=1S/C31H55N/c1-3-5-7-9-11-13-26-15-18-28(19-16-26)29-21-22-31(25-32)24-27(17-20-30(31)23-29)14-12-10-8-6-4-2/h26-30H,3-24H2,1-2H3. The molecule has 3 saturated carbocycles. The van der Waals surface area contributed by atoms with E-state index in [-0.39, 0.29) is 5.41 Å². The van der Waals surface area contributed by atoms with Gasteiger partial charge in [-0.05, 0) is 74.5 Å². The summed E-state index contributed by atoms with van der Waals surface area (Å²) >= 11 is 0. The lowest BCUT2D eigenvalue weighted by Gasteiger charge is -2.50. The van der Waals surface area contributed by atoms with Gasteiger partial charge in [0.15, 0.2) is 0 Å². The van der Waals surface area contributed by atoms with E-state index in [1.807, 2.05) is 0 Å². The molecule has 0 aromatic heterocycles. The molecule has 0 aromatic carbocycles. The molecule has 0 heterocycles. The molecule has 184 valence electrons. The third kappa shape index (κ3) is 7.50. The van der Waals surface area contributed by atoms with E-state index >= 15 is 0 Å². The molecule has 0 spiro atoms. The van der Waals surface area contributed by atoms with Gasteiger partial charge in [-0.1, -0.05) is 110 Å². The molecule has 3 aliphatic rings. The minimum atomic E-state index is 0.0541. The quantitative estimate of drug-likeness (QED) is 0.261. The average Bonchev–Trinajstić information content (AvgIpc) is 2.83. The Morgan fingerprint density at radius 1 is 0.656 bits per heavy atom. The zero-order valence-corrected chi connectivity index (χ0v) is 21.9. The molecule has 0 saturated heterocycles. The van der Waals surface area contributed by atoms with E-state index in [1.165, 1.54) is 141 Å². The predicted octanol–water partition coefficient (Wildman–Crippen LogP) is 10.2.